The molecule has 0 saturated carbocycles. The molecule has 106 valence electrons. The van der Waals surface area contributed by atoms with Crippen LogP contribution < -0.4 is 10.6 Å². The van der Waals surface area contributed by atoms with Crippen molar-refractivity contribution in [2.24, 2.45) is 4.99 Å². The first kappa shape index (κ1) is 15.5. The van der Waals surface area contributed by atoms with Gasteiger partial charge < -0.3 is 15.4 Å². The molecule has 0 radical (unpaired) electrons. The molecule has 0 saturated heterocycles. The van der Waals surface area contributed by atoms with Crippen molar-refractivity contribution in [2.45, 2.75) is 25.8 Å². The zero-order valence-corrected chi connectivity index (χ0v) is 12.0. The topological polar surface area (TPSA) is 45.7 Å². The third kappa shape index (κ3) is 7.47. The molecule has 0 unspecified atom stereocenters. The summed E-state index contributed by atoms with van der Waals surface area (Å²) < 4.78 is 5.02. The summed E-state index contributed by atoms with van der Waals surface area (Å²) in [5, 5.41) is 6.62. The number of rotatable bonds is 8. The fourth-order valence-corrected chi connectivity index (χ4v) is 1.76. The summed E-state index contributed by atoms with van der Waals surface area (Å²) in [7, 11) is 3.54. The summed E-state index contributed by atoms with van der Waals surface area (Å²) in [5.41, 5.74) is 1.26. The minimum absolute atomic E-state index is 0.796. The quantitative estimate of drug-likeness (QED) is 0.429. The van der Waals surface area contributed by atoms with Crippen LogP contribution in [0.5, 0.6) is 0 Å². The smallest absolute Gasteiger partial charge is 0.191 e. The van der Waals surface area contributed by atoms with Gasteiger partial charge in [-0.3, -0.25) is 4.99 Å². The standard InChI is InChI=1S/C15H25N3O/c1-16-15(17-11-7-4-8-12-19-2)18-13-14-9-5-3-6-10-14/h3,5-6,9-10H,4,7-8,11-13H2,1-2H3,(H2,16,17,18). The Morgan fingerprint density at radius 2 is 1.89 bits per heavy atom. The van der Waals surface area contributed by atoms with Crippen LogP contribution in [0.25, 0.3) is 0 Å². The molecule has 0 fully saturated rings. The molecule has 4 heteroatoms. The molecule has 0 atom stereocenters. The Labute approximate surface area is 116 Å². The second-order valence-electron chi connectivity index (χ2n) is 4.39. The fraction of sp³-hybridized carbons (Fsp3) is 0.533. The molecule has 1 rings (SSSR count). The van der Waals surface area contributed by atoms with Gasteiger partial charge in [-0.15, -0.1) is 0 Å². The van der Waals surface area contributed by atoms with Gasteiger partial charge in [-0.05, 0) is 24.8 Å². The highest BCUT2D eigenvalue weighted by atomic mass is 16.5. The Bertz CT molecular complexity index is 352. The third-order valence-corrected chi connectivity index (χ3v) is 2.84. The zero-order chi connectivity index (χ0) is 13.8. The van der Waals surface area contributed by atoms with E-state index in [0.29, 0.717) is 0 Å². The van der Waals surface area contributed by atoms with E-state index in [-0.39, 0.29) is 0 Å². The number of nitrogens with zero attached hydrogens (tertiary/aromatic N) is 1. The summed E-state index contributed by atoms with van der Waals surface area (Å²) in [4.78, 5) is 4.21. The van der Waals surface area contributed by atoms with Crippen LogP contribution in [-0.2, 0) is 11.3 Å². The lowest BCUT2D eigenvalue weighted by atomic mass is 10.2. The lowest BCUT2D eigenvalue weighted by molar-refractivity contribution is 0.192. The number of hydrogen-bond donors (Lipinski definition) is 2. The van der Waals surface area contributed by atoms with E-state index in [4.69, 9.17) is 4.74 Å². The van der Waals surface area contributed by atoms with Crippen molar-refractivity contribution < 1.29 is 4.74 Å². The molecule has 1 aromatic rings. The highest BCUT2D eigenvalue weighted by molar-refractivity contribution is 5.79. The number of benzene rings is 1. The van der Waals surface area contributed by atoms with Gasteiger partial charge in [-0.1, -0.05) is 30.3 Å². The van der Waals surface area contributed by atoms with Crippen molar-refractivity contribution in [1.29, 1.82) is 0 Å². The van der Waals surface area contributed by atoms with Gasteiger partial charge in [0.1, 0.15) is 0 Å². The number of unbranched alkanes of at least 4 members (excludes halogenated alkanes) is 2. The van der Waals surface area contributed by atoms with Crippen LogP contribution in [0.3, 0.4) is 0 Å². The Morgan fingerprint density at radius 1 is 1.11 bits per heavy atom. The Kier molecular flexibility index (Phi) is 8.47. The largest absolute Gasteiger partial charge is 0.385 e. The lowest BCUT2D eigenvalue weighted by Gasteiger charge is -2.11. The average molecular weight is 263 g/mol. The number of ether oxygens (including phenoxy) is 1. The van der Waals surface area contributed by atoms with E-state index in [2.05, 4.69) is 27.8 Å². The lowest BCUT2D eigenvalue weighted by Crippen LogP contribution is -2.37. The van der Waals surface area contributed by atoms with Crippen molar-refractivity contribution >= 4 is 5.96 Å². The first-order valence-electron chi connectivity index (χ1n) is 6.84. The Hall–Kier alpha value is -1.55. The number of guanidine groups is 1. The summed E-state index contributed by atoms with van der Waals surface area (Å²) in [6.45, 7) is 2.59. The molecule has 19 heavy (non-hydrogen) atoms. The Balaban J connectivity index is 2.13. The number of aliphatic imine (C=N–C) groups is 1. The highest BCUT2D eigenvalue weighted by Gasteiger charge is 1.97. The molecule has 0 bridgehead atoms. The molecule has 0 aliphatic heterocycles. The summed E-state index contributed by atoms with van der Waals surface area (Å²) in [6.07, 6.45) is 3.43. The maximum Gasteiger partial charge on any atom is 0.191 e. The molecular weight excluding hydrogens is 238 g/mol. The van der Waals surface area contributed by atoms with Crippen molar-refractivity contribution in [3.05, 3.63) is 35.9 Å². The van der Waals surface area contributed by atoms with Crippen molar-refractivity contribution in [3.63, 3.8) is 0 Å². The van der Waals surface area contributed by atoms with Gasteiger partial charge in [0.05, 0.1) is 0 Å². The van der Waals surface area contributed by atoms with Crippen LogP contribution >= 0.6 is 0 Å². The van der Waals surface area contributed by atoms with Crippen LogP contribution in [0.1, 0.15) is 24.8 Å². The molecule has 0 heterocycles. The summed E-state index contributed by atoms with van der Waals surface area (Å²) in [6, 6.07) is 10.3. The second-order valence-corrected chi connectivity index (χ2v) is 4.39. The van der Waals surface area contributed by atoms with Gasteiger partial charge >= 0.3 is 0 Å². The molecule has 0 aliphatic rings. The minimum Gasteiger partial charge on any atom is -0.385 e. The predicted molar refractivity (Wildman–Crippen MR) is 80.4 cm³/mol. The second kappa shape index (κ2) is 10.4. The van der Waals surface area contributed by atoms with E-state index < -0.39 is 0 Å². The van der Waals surface area contributed by atoms with Gasteiger partial charge in [0.15, 0.2) is 5.96 Å². The van der Waals surface area contributed by atoms with Crippen LogP contribution in [-0.4, -0.2) is 33.3 Å². The summed E-state index contributed by atoms with van der Waals surface area (Å²) in [5.74, 6) is 0.857. The number of nitrogens with one attached hydrogen (secondary N) is 2. The molecule has 1 aromatic carbocycles. The van der Waals surface area contributed by atoms with Crippen molar-refractivity contribution in [2.75, 3.05) is 27.3 Å². The van der Waals surface area contributed by atoms with Gasteiger partial charge in [0.2, 0.25) is 0 Å². The van der Waals surface area contributed by atoms with Crippen LogP contribution in [0, 0.1) is 0 Å². The van der Waals surface area contributed by atoms with Crippen LogP contribution in [0.15, 0.2) is 35.3 Å². The zero-order valence-electron chi connectivity index (χ0n) is 12.0. The van der Waals surface area contributed by atoms with E-state index >= 15 is 0 Å². The van der Waals surface area contributed by atoms with Gasteiger partial charge in [-0.2, -0.15) is 0 Å². The number of methoxy groups -OCH3 is 1. The van der Waals surface area contributed by atoms with Gasteiger partial charge in [0, 0.05) is 33.9 Å². The van der Waals surface area contributed by atoms with E-state index in [9.17, 15) is 0 Å². The SMILES string of the molecule is CN=C(NCCCCCOC)NCc1ccccc1. The van der Waals surface area contributed by atoms with E-state index in [0.717, 1.165) is 38.5 Å². The van der Waals surface area contributed by atoms with E-state index in [1.165, 1.54) is 12.0 Å². The monoisotopic (exact) mass is 263 g/mol. The Morgan fingerprint density at radius 3 is 2.58 bits per heavy atom. The average Bonchev–Trinajstić information content (AvgIpc) is 2.47. The van der Waals surface area contributed by atoms with Crippen molar-refractivity contribution in [3.8, 4) is 0 Å². The van der Waals surface area contributed by atoms with Crippen molar-refractivity contribution in [1.82, 2.24) is 10.6 Å². The maximum absolute atomic E-state index is 5.02. The van der Waals surface area contributed by atoms with Crippen LogP contribution in [0.2, 0.25) is 0 Å². The molecule has 0 aromatic heterocycles. The van der Waals surface area contributed by atoms with E-state index in [1.54, 1.807) is 14.2 Å². The first-order chi connectivity index (χ1) is 9.36. The van der Waals surface area contributed by atoms with E-state index in [1.807, 2.05) is 18.2 Å². The van der Waals surface area contributed by atoms with Gasteiger partial charge in [0.25, 0.3) is 0 Å². The molecule has 0 aliphatic carbocycles. The molecule has 2 N–H and O–H groups in total. The first-order valence-corrected chi connectivity index (χ1v) is 6.84. The van der Waals surface area contributed by atoms with Gasteiger partial charge in [-0.25, -0.2) is 0 Å². The maximum atomic E-state index is 5.02. The molecular formula is C15H25N3O. The molecule has 4 nitrogen and oxygen atoms in total. The highest BCUT2D eigenvalue weighted by Crippen LogP contribution is 1.97. The normalized spacial score (nSPS) is 11.4. The van der Waals surface area contributed by atoms with Crippen LogP contribution in [0.4, 0.5) is 0 Å². The predicted octanol–water partition coefficient (Wildman–Crippen LogP) is 2.17. The minimum atomic E-state index is 0.796. The fourth-order valence-electron chi connectivity index (χ4n) is 1.76. The molecule has 0 spiro atoms. The number of hydrogen-bond acceptors (Lipinski definition) is 2. The summed E-state index contributed by atoms with van der Waals surface area (Å²) >= 11 is 0. The third-order valence-electron chi connectivity index (χ3n) is 2.84. The molecule has 0 amide bonds.